The Balaban J connectivity index is 1.50. The molecule has 5 rings (SSSR count). The zero-order valence-electron chi connectivity index (χ0n) is 17.4. The van der Waals surface area contributed by atoms with Crippen LogP contribution in [-0.4, -0.2) is 34.6 Å². The van der Waals surface area contributed by atoms with Crippen LogP contribution in [0.2, 0.25) is 0 Å². The highest BCUT2D eigenvalue weighted by Crippen LogP contribution is 2.27. The van der Waals surface area contributed by atoms with Crippen molar-refractivity contribution >= 4 is 22.9 Å². The van der Waals surface area contributed by atoms with Gasteiger partial charge < -0.3 is 14.0 Å². The van der Waals surface area contributed by atoms with E-state index in [1.807, 2.05) is 89.5 Å². The Hall–Kier alpha value is -4.06. The summed E-state index contributed by atoms with van der Waals surface area (Å²) in [5, 5.41) is 0.877. The van der Waals surface area contributed by atoms with Crippen LogP contribution in [0.25, 0.3) is 10.9 Å². The molecule has 0 bridgehead atoms. The van der Waals surface area contributed by atoms with Gasteiger partial charge in [0, 0.05) is 17.4 Å². The Kier molecular flexibility index (Phi) is 5.34. The molecule has 1 aliphatic rings. The maximum absolute atomic E-state index is 13.2. The van der Waals surface area contributed by atoms with Crippen LogP contribution in [0.1, 0.15) is 21.6 Å². The highest BCUT2D eigenvalue weighted by molar-refractivity contribution is 6.05. The van der Waals surface area contributed by atoms with Gasteiger partial charge in [-0.1, -0.05) is 60.7 Å². The number of rotatable bonds is 6. The van der Waals surface area contributed by atoms with E-state index in [0.29, 0.717) is 18.8 Å². The van der Waals surface area contributed by atoms with Gasteiger partial charge >= 0.3 is 6.09 Å². The van der Waals surface area contributed by atoms with Crippen LogP contribution in [-0.2, 0) is 17.9 Å². The predicted octanol–water partition coefficient (Wildman–Crippen LogP) is 4.86. The molecule has 6 heteroatoms. The Morgan fingerprint density at radius 1 is 0.906 bits per heavy atom. The second-order valence-corrected chi connectivity index (χ2v) is 7.67. The summed E-state index contributed by atoms with van der Waals surface area (Å²) in [5.41, 5.74) is 3.49. The van der Waals surface area contributed by atoms with Crippen molar-refractivity contribution in [1.82, 2.24) is 9.47 Å². The van der Waals surface area contributed by atoms with Gasteiger partial charge in [-0.25, -0.2) is 9.69 Å². The lowest BCUT2D eigenvalue weighted by Crippen LogP contribution is -2.33. The number of cyclic esters (lactones) is 1. The van der Waals surface area contributed by atoms with Crippen molar-refractivity contribution in [3.05, 3.63) is 102 Å². The summed E-state index contributed by atoms with van der Waals surface area (Å²) in [5.74, 6) is 0.365. The van der Waals surface area contributed by atoms with E-state index in [4.69, 9.17) is 9.47 Å². The van der Waals surface area contributed by atoms with Crippen molar-refractivity contribution in [2.75, 3.05) is 13.2 Å². The fourth-order valence-corrected chi connectivity index (χ4v) is 3.91. The molecule has 0 aliphatic carbocycles. The molecule has 0 radical (unpaired) electrons. The average Bonchev–Trinajstić information content (AvgIpc) is 3.42. The molecular weight excluding hydrogens is 404 g/mol. The van der Waals surface area contributed by atoms with Crippen molar-refractivity contribution in [1.29, 1.82) is 0 Å². The molecule has 1 aliphatic heterocycles. The normalized spacial score (nSPS) is 13.4. The molecule has 1 fully saturated rings. The third-order valence-electron chi connectivity index (χ3n) is 5.53. The number of amides is 2. The summed E-state index contributed by atoms with van der Waals surface area (Å²) in [4.78, 5) is 26.4. The van der Waals surface area contributed by atoms with Gasteiger partial charge in [0.05, 0.1) is 6.54 Å². The molecule has 2 amide bonds. The molecule has 6 nitrogen and oxygen atoms in total. The Labute approximate surface area is 185 Å². The Bertz CT molecular complexity index is 1270. The van der Waals surface area contributed by atoms with E-state index in [-0.39, 0.29) is 19.1 Å². The monoisotopic (exact) mass is 426 g/mol. The van der Waals surface area contributed by atoms with E-state index in [2.05, 4.69) is 0 Å². The van der Waals surface area contributed by atoms with E-state index in [1.165, 1.54) is 0 Å². The summed E-state index contributed by atoms with van der Waals surface area (Å²) >= 11 is 0. The Morgan fingerprint density at radius 3 is 2.31 bits per heavy atom. The molecule has 32 heavy (non-hydrogen) atoms. The number of benzene rings is 3. The highest BCUT2D eigenvalue weighted by atomic mass is 16.6. The van der Waals surface area contributed by atoms with Gasteiger partial charge in [-0.2, -0.15) is 0 Å². The largest absolute Gasteiger partial charge is 0.489 e. The number of carbonyl (C=O) groups is 2. The first-order valence-corrected chi connectivity index (χ1v) is 10.5. The summed E-state index contributed by atoms with van der Waals surface area (Å²) in [6, 6.07) is 27.5. The second-order valence-electron chi connectivity index (χ2n) is 7.67. The molecule has 0 unspecified atom stereocenters. The number of fused-ring (bicyclic) bond motifs is 1. The molecule has 4 aromatic rings. The number of aromatic nitrogens is 1. The molecule has 3 aromatic carbocycles. The molecule has 0 atom stereocenters. The zero-order chi connectivity index (χ0) is 21.9. The second kappa shape index (κ2) is 8.59. The fraction of sp³-hybridized carbons (Fsp3) is 0.154. The number of ether oxygens (including phenoxy) is 2. The SMILES string of the molecule is O=C1OCCN1C(=O)c1cc2cc(OCc3ccccc3)ccc2n1Cc1ccccc1. The quantitative estimate of drug-likeness (QED) is 0.442. The third-order valence-corrected chi connectivity index (χ3v) is 5.53. The molecule has 0 N–H and O–H groups in total. The van der Waals surface area contributed by atoms with Crippen LogP contribution in [0.4, 0.5) is 4.79 Å². The van der Waals surface area contributed by atoms with Gasteiger partial charge in [-0.05, 0) is 35.4 Å². The minimum absolute atomic E-state index is 0.223. The van der Waals surface area contributed by atoms with Crippen molar-refractivity contribution in [2.24, 2.45) is 0 Å². The van der Waals surface area contributed by atoms with Crippen molar-refractivity contribution in [2.45, 2.75) is 13.2 Å². The molecular formula is C26H22N2O4. The van der Waals surface area contributed by atoms with Crippen LogP contribution in [0.5, 0.6) is 5.75 Å². The van der Waals surface area contributed by atoms with Gasteiger partial charge in [0.1, 0.15) is 24.7 Å². The van der Waals surface area contributed by atoms with Crippen LogP contribution in [0.15, 0.2) is 84.9 Å². The van der Waals surface area contributed by atoms with E-state index < -0.39 is 6.09 Å². The summed E-state index contributed by atoms with van der Waals surface area (Å²) in [7, 11) is 0. The van der Waals surface area contributed by atoms with Crippen LogP contribution < -0.4 is 4.74 Å². The van der Waals surface area contributed by atoms with Crippen molar-refractivity contribution in [3.63, 3.8) is 0 Å². The first-order chi connectivity index (χ1) is 15.7. The number of hydrogen-bond acceptors (Lipinski definition) is 4. The van der Waals surface area contributed by atoms with Gasteiger partial charge in [-0.3, -0.25) is 4.79 Å². The maximum Gasteiger partial charge on any atom is 0.417 e. The lowest BCUT2D eigenvalue weighted by Gasteiger charge is -2.14. The number of imide groups is 1. The van der Waals surface area contributed by atoms with Crippen molar-refractivity contribution in [3.8, 4) is 5.75 Å². The zero-order valence-corrected chi connectivity index (χ0v) is 17.4. The van der Waals surface area contributed by atoms with Gasteiger partial charge in [0.2, 0.25) is 0 Å². The molecule has 2 heterocycles. The maximum atomic E-state index is 13.2. The highest BCUT2D eigenvalue weighted by Gasteiger charge is 2.31. The van der Waals surface area contributed by atoms with Crippen molar-refractivity contribution < 1.29 is 19.1 Å². The molecule has 1 aromatic heterocycles. The standard InChI is InChI=1S/C26H22N2O4/c29-25(27-13-14-31-26(27)30)24-16-21-15-22(32-18-20-9-5-2-6-10-20)11-12-23(21)28(24)17-19-7-3-1-4-8-19/h1-12,15-16H,13-14,17-18H2. The number of carbonyl (C=O) groups excluding carboxylic acids is 2. The topological polar surface area (TPSA) is 60.8 Å². The average molecular weight is 426 g/mol. The summed E-state index contributed by atoms with van der Waals surface area (Å²) < 4.78 is 12.9. The van der Waals surface area contributed by atoms with E-state index in [9.17, 15) is 9.59 Å². The number of hydrogen-bond donors (Lipinski definition) is 0. The minimum atomic E-state index is -0.599. The Morgan fingerprint density at radius 2 is 1.62 bits per heavy atom. The molecule has 160 valence electrons. The summed E-state index contributed by atoms with van der Waals surface area (Å²) in [6.07, 6.45) is -0.599. The minimum Gasteiger partial charge on any atom is -0.489 e. The van der Waals surface area contributed by atoms with Gasteiger partial charge in [0.15, 0.2) is 0 Å². The van der Waals surface area contributed by atoms with Gasteiger partial charge in [0.25, 0.3) is 5.91 Å². The van der Waals surface area contributed by atoms with Crippen LogP contribution in [0, 0.1) is 0 Å². The summed E-state index contributed by atoms with van der Waals surface area (Å²) in [6.45, 7) is 1.46. The third kappa shape index (κ3) is 3.95. The fourth-order valence-electron chi connectivity index (χ4n) is 3.91. The lowest BCUT2D eigenvalue weighted by atomic mass is 10.2. The smallest absolute Gasteiger partial charge is 0.417 e. The molecule has 1 saturated heterocycles. The lowest BCUT2D eigenvalue weighted by molar-refractivity contribution is 0.0800. The molecule has 0 spiro atoms. The first-order valence-electron chi connectivity index (χ1n) is 10.5. The van der Waals surface area contributed by atoms with Crippen LogP contribution >= 0.6 is 0 Å². The number of nitrogens with zero attached hydrogens (tertiary/aromatic N) is 2. The first kappa shape index (κ1) is 19.9. The van der Waals surface area contributed by atoms with E-state index in [1.54, 1.807) is 0 Å². The van der Waals surface area contributed by atoms with Gasteiger partial charge in [-0.15, -0.1) is 0 Å². The predicted molar refractivity (Wildman–Crippen MR) is 121 cm³/mol. The van der Waals surface area contributed by atoms with E-state index >= 15 is 0 Å². The molecule has 0 saturated carbocycles. The van der Waals surface area contributed by atoms with E-state index in [0.717, 1.165) is 32.7 Å². The van der Waals surface area contributed by atoms with Crippen LogP contribution in [0.3, 0.4) is 0 Å².